The summed E-state index contributed by atoms with van der Waals surface area (Å²) in [4.78, 5) is 27.6. The van der Waals surface area contributed by atoms with Crippen molar-refractivity contribution in [2.45, 2.75) is 40.0 Å². The lowest BCUT2D eigenvalue weighted by Gasteiger charge is -2.29. The van der Waals surface area contributed by atoms with Gasteiger partial charge in [-0.1, -0.05) is 56.3 Å². The molecule has 2 aromatic rings. The van der Waals surface area contributed by atoms with E-state index in [-0.39, 0.29) is 23.5 Å². The van der Waals surface area contributed by atoms with Crippen LogP contribution < -0.4 is 5.32 Å². The van der Waals surface area contributed by atoms with Crippen LogP contribution in [-0.4, -0.2) is 36.3 Å². The van der Waals surface area contributed by atoms with Crippen LogP contribution in [0, 0.1) is 17.2 Å². The van der Waals surface area contributed by atoms with Crippen molar-refractivity contribution >= 4 is 11.8 Å². The molecule has 1 saturated heterocycles. The molecule has 0 bridgehead atoms. The maximum absolute atomic E-state index is 14.5. The molecule has 1 atom stereocenters. The first-order valence-electron chi connectivity index (χ1n) is 10.7. The van der Waals surface area contributed by atoms with Crippen LogP contribution in [-0.2, 0) is 16.0 Å². The highest BCUT2D eigenvalue weighted by atomic mass is 19.1. The van der Waals surface area contributed by atoms with Gasteiger partial charge in [-0.15, -0.1) is 0 Å². The highest BCUT2D eigenvalue weighted by molar-refractivity contribution is 5.86. The molecule has 1 heterocycles. The summed E-state index contributed by atoms with van der Waals surface area (Å²) in [5.74, 6) is 0.0580. The highest BCUT2D eigenvalue weighted by Gasteiger charge is 2.46. The maximum Gasteiger partial charge on any atom is 0.228 e. The van der Waals surface area contributed by atoms with E-state index in [0.717, 1.165) is 11.1 Å². The molecule has 0 aliphatic carbocycles. The minimum absolute atomic E-state index is 0.0341. The van der Waals surface area contributed by atoms with Crippen LogP contribution in [0.3, 0.4) is 0 Å². The average molecular weight is 411 g/mol. The molecule has 2 aromatic carbocycles. The smallest absolute Gasteiger partial charge is 0.228 e. The van der Waals surface area contributed by atoms with E-state index in [1.54, 1.807) is 12.1 Å². The number of hydrogen-bond donors (Lipinski definition) is 1. The minimum Gasteiger partial charge on any atom is -0.356 e. The molecular formula is C25H31FN2O2. The number of benzene rings is 2. The van der Waals surface area contributed by atoms with Gasteiger partial charge in [0.25, 0.3) is 0 Å². The van der Waals surface area contributed by atoms with Gasteiger partial charge < -0.3 is 10.2 Å². The molecule has 1 fully saturated rings. The third-order valence-corrected chi connectivity index (χ3v) is 5.82. The van der Waals surface area contributed by atoms with E-state index in [1.807, 2.05) is 56.0 Å². The summed E-state index contributed by atoms with van der Waals surface area (Å²) in [6, 6.07) is 14.4. The van der Waals surface area contributed by atoms with E-state index >= 15 is 0 Å². The topological polar surface area (TPSA) is 49.4 Å². The largest absolute Gasteiger partial charge is 0.356 e. The first-order chi connectivity index (χ1) is 14.4. The van der Waals surface area contributed by atoms with Crippen molar-refractivity contribution in [1.29, 1.82) is 0 Å². The molecule has 0 saturated carbocycles. The summed E-state index contributed by atoms with van der Waals surface area (Å²) < 4.78 is 14.5. The number of rotatable bonds is 7. The van der Waals surface area contributed by atoms with Crippen LogP contribution in [0.5, 0.6) is 0 Å². The maximum atomic E-state index is 14.5. The lowest BCUT2D eigenvalue weighted by atomic mass is 9.78. The van der Waals surface area contributed by atoms with Gasteiger partial charge in [0.15, 0.2) is 0 Å². The highest BCUT2D eigenvalue weighted by Crippen LogP contribution is 2.38. The second kappa shape index (κ2) is 9.41. The Morgan fingerprint density at radius 2 is 1.77 bits per heavy atom. The van der Waals surface area contributed by atoms with Crippen LogP contribution in [0.2, 0.25) is 0 Å². The first-order valence-corrected chi connectivity index (χ1v) is 10.7. The normalized spacial score (nSPS) is 18.6. The van der Waals surface area contributed by atoms with Gasteiger partial charge in [-0.2, -0.15) is 0 Å². The molecule has 3 rings (SSSR count). The lowest BCUT2D eigenvalue weighted by molar-refractivity contribution is -0.133. The zero-order valence-electron chi connectivity index (χ0n) is 18.1. The van der Waals surface area contributed by atoms with Crippen LogP contribution in [0.25, 0.3) is 11.1 Å². The first kappa shape index (κ1) is 22.0. The van der Waals surface area contributed by atoms with E-state index in [0.29, 0.717) is 44.5 Å². The van der Waals surface area contributed by atoms with Crippen molar-refractivity contribution in [3.63, 3.8) is 0 Å². The Morgan fingerprint density at radius 1 is 1.10 bits per heavy atom. The van der Waals surface area contributed by atoms with Gasteiger partial charge in [-0.25, -0.2) is 4.39 Å². The second-order valence-electron chi connectivity index (χ2n) is 8.62. The molecule has 30 heavy (non-hydrogen) atoms. The van der Waals surface area contributed by atoms with Crippen molar-refractivity contribution in [3.8, 4) is 11.1 Å². The van der Waals surface area contributed by atoms with Crippen molar-refractivity contribution in [3.05, 3.63) is 59.9 Å². The molecule has 5 heteroatoms. The molecule has 1 aliphatic heterocycles. The Kier molecular flexibility index (Phi) is 6.91. The lowest BCUT2D eigenvalue weighted by Crippen LogP contribution is -2.45. The number of nitrogens with one attached hydrogen (secondary N) is 1. The van der Waals surface area contributed by atoms with E-state index in [1.165, 1.54) is 6.07 Å². The minimum atomic E-state index is -0.704. The third-order valence-electron chi connectivity index (χ3n) is 5.82. The Labute approximate surface area is 178 Å². The molecule has 0 unspecified atom stereocenters. The second-order valence-corrected chi connectivity index (χ2v) is 8.62. The molecule has 1 aliphatic rings. The summed E-state index contributed by atoms with van der Waals surface area (Å²) in [7, 11) is 0. The number of carbonyl (C=O) groups is 2. The van der Waals surface area contributed by atoms with Crippen molar-refractivity contribution in [2.75, 3.05) is 19.6 Å². The van der Waals surface area contributed by atoms with Crippen LogP contribution in [0.15, 0.2) is 48.5 Å². The SMILES string of the molecule is CCNC(=O)[C@@]1(Cc2ccccc2-c2ccccc2F)CCN(C(=O)CC(C)C)C1. The van der Waals surface area contributed by atoms with Gasteiger partial charge in [0.05, 0.1) is 5.41 Å². The summed E-state index contributed by atoms with van der Waals surface area (Å²) in [5.41, 5.74) is 1.55. The van der Waals surface area contributed by atoms with Gasteiger partial charge in [0.1, 0.15) is 5.82 Å². The van der Waals surface area contributed by atoms with Crippen molar-refractivity contribution in [2.24, 2.45) is 11.3 Å². The Hall–Kier alpha value is -2.69. The Morgan fingerprint density at radius 3 is 2.43 bits per heavy atom. The molecule has 0 spiro atoms. The van der Waals surface area contributed by atoms with Gasteiger partial charge in [-0.05, 0) is 42.9 Å². The number of nitrogens with zero attached hydrogens (tertiary/aromatic N) is 1. The van der Waals surface area contributed by atoms with Crippen LogP contribution in [0.4, 0.5) is 4.39 Å². The Bertz CT molecular complexity index is 912. The third kappa shape index (κ3) is 4.72. The summed E-state index contributed by atoms with van der Waals surface area (Å²) >= 11 is 0. The Balaban J connectivity index is 1.94. The van der Waals surface area contributed by atoms with Crippen LogP contribution in [0.1, 0.15) is 39.2 Å². The number of carbonyl (C=O) groups excluding carboxylic acids is 2. The summed E-state index contributed by atoms with van der Waals surface area (Å²) in [6.45, 7) is 7.46. The predicted molar refractivity (Wildman–Crippen MR) is 117 cm³/mol. The molecular weight excluding hydrogens is 379 g/mol. The van der Waals surface area contributed by atoms with Crippen molar-refractivity contribution < 1.29 is 14.0 Å². The van der Waals surface area contributed by atoms with E-state index in [4.69, 9.17) is 0 Å². The standard InChI is InChI=1S/C25H31FN2O2/c1-4-27-24(30)25(13-14-28(17-25)23(29)15-18(2)3)16-19-9-5-6-10-20(19)21-11-7-8-12-22(21)26/h5-12,18H,4,13-17H2,1-3H3,(H,27,30)/t25-/m1/s1. The molecule has 0 aromatic heterocycles. The summed E-state index contributed by atoms with van der Waals surface area (Å²) in [5, 5.41) is 2.97. The van der Waals surface area contributed by atoms with Gasteiger partial charge in [0, 0.05) is 31.6 Å². The number of hydrogen-bond acceptors (Lipinski definition) is 2. The van der Waals surface area contributed by atoms with Crippen LogP contribution >= 0.6 is 0 Å². The van der Waals surface area contributed by atoms with E-state index in [9.17, 15) is 14.0 Å². The van der Waals surface area contributed by atoms with Gasteiger partial charge in [-0.3, -0.25) is 9.59 Å². The van der Waals surface area contributed by atoms with Gasteiger partial charge >= 0.3 is 0 Å². The quantitative estimate of drug-likeness (QED) is 0.734. The van der Waals surface area contributed by atoms with Crippen molar-refractivity contribution in [1.82, 2.24) is 10.2 Å². The number of halogens is 1. The van der Waals surface area contributed by atoms with Gasteiger partial charge in [0.2, 0.25) is 11.8 Å². The molecule has 0 radical (unpaired) electrons. The molecule has 160 valence electrons. The monoisotopic (exact) mass is 410 g/mol. The fraction of sp³-hybridized carbons (Fsp3) is 0.440. The fourth-order valence-electron chi connectivity index (χ4n) is 4.30. The number of amides is 2. The molecule has 2 amide bonds. The van der Waals surface area contributed by atoms with E-state index in [2.05, 4.69) is 5.32 Å². The number of likely N-dealkylation sites (tertiary alicyclic amines) is 1. The molecule has 4 nitrogen and oxygen atoms in total. The van der Waals surface area contributed by atoms with E-state index < -0.39 is 5.41 Å². The summed E-state index contributed by atoms with van der Waals surface area (Å²) in [6.07, 6.45) is 1.56. The zero-order valence-corrected chi connectivity index (χ0v) is 18.1. The predicted octanol–water partition coefficient (Wildman–Crippen LogP) is 4.44. The fourth-order valence-corrected chi connectivity index (χ4v) is 4.30. The average Bonchev–Trinajstić information content (AvgIpc) is 3.14. The zero-order chi connectivity index (χ0) is 21.7. The molecule has 1 N–H and O–H groups in total.